The highest BCUT2D eigenvalue weighted by Crippen LogP contribution is 2.12. The van der Waals surface area contributed by atoms with Crippen LogP contribution in [0, 0.1) is 17.1 Å². The molecular weight excluding hydrogens is 303 g/mol. The van der Waals surface area contributed by atoms with Gasteiger partial charge in [-0.25, -0.2) is 4.39 Å². The number of carbonyl (C=O) groups is 2. The molecule has 0 radical (unpaired) electrons. The molecule has 0 saturated heterocycles. The van der Waals surface area contributed by atoms with Gasteiger partial charge in [-0.05, 0) is 18.6 Å². The van der Waals surface area contributed by atoms with E-state index >= 15 is 0 Å². The molecule has 1 N–H and O–H groups in total. The van der Waals surface area contributed by atoms with Crippen molar-refractivity contribution in [1.29, 1.82) is 5.26 Å². The highest BCUT2D eigenvalue weighted by atomic mass is 19.1. The smallest absolute Gasteiger partial charge is 0.320 e. The number of hydrogen-bond donors (Lipinski definition) is 1. The molecule has 0 aliphatic rings. The zero-order valence-corrected chi connectivity index (χ0v) is 12.9. The SMILES string of the molecule is CCCCOC(=O)CN(CC(=O)O)Cc1ccc(C#N)cc1F. The van der Waals surface area contributed by atoms with Gasteiger partial charge in [0.25, 0.3) is 0 Å². The van der Waals surface area contributed by atoms with E-state index in [-0.39, 0.29) is 30.8 Å². The van der Waals surface area contributed by atoms with Crippen molar-refractivity contribution < 1.29 is 23.8 Å². The van der Waals surface area contributed by atoms with Gasteiger partial charge in [0.05, 0.1) is 31.3 Å². The van der Waals surface area contributed by atoms with Gasteiger partial charge in [-0.15, -0.1) is 0 Å². The van der Waals surface area contributed by atoms with Crippen molar-refractivity contribution in [2.24, 2.45) is 0 Å². The molecule has 0 aliphatic heterocycles. The second-order valence-corrected chi connectivity index (χ2v) is 5.03. The van der Waals surface area contributed by atoms with Crippen molar-refractivity contribution in [1.82, 2.24) is 4.90 Å². The van der Waals surface area contributed by atoms with E-state index in [1.165, 1.54) is 17.0 Å². The van der Waals surface area contributed by atoms with E-state index in [0.29, 0.717) is 0 Å². The van der Waals surface area contributed by atoms with Crippen LogP contribution in [-0.2, 0) is 20.9 Å². The van der Waals surface area contributed by atoms with Crippen LogP contribution in [0.3, 0.4) is 0 Å². The lowest BCUT2D eigenvalue weighted by atomic mass is 10.1. The van der Waals surface area contributed by atoms with Crippen LogP contribution in [-0.4, -0.2) is 41.6 Å². The molecule has 1 aromatic rings. The van der Waals surface area contributed by atoms with Gasteiger partial charge in [0.2, 0.25) is 0 Å². The van der Waals surface area contributed by atoms with Crippen molar-refractivity contribution in [2.75, 3.05) is 19.7 Å². The Morgan fingerprint density at radius 3 is 2.70 bits per heavy atom. The highest BCUT2D eigenvalue weighted by molar-refractivity contribution is 5.74. The van der Waals surface area contributed by atoms with Gasteiger partial charge in [-0.2, -0.15) is 5.26 Å². The zero-order valence-electron chi connectivity index (χ0n) is 12.9. The average molecular weight is 322 g/mol. The number of carboxylic acid groups (broad SMARTS) is 1. The van der Waals surface area contributed by atoms with Crippen molar-refractivity contribution in [3.8, 4) is 6.07 Å². The third kappa shape index (κ3) is 6.89. The van der Waals surface area contributed by atoms with Gasteiger partial charge in [-0.3, -0.25) is 14.5 Å². The predicted molar refractivity (Wildman–Crippen MR) is 79.9 cm³/mol. The van der Waals surface area contributed by atoms with E-state index in [1.54, 1.807) is 0 Å². The molecule has 0 bridgehead atoms. The first-order valence-corrected chi connectivity index (χ1v) is 7.24. The molecule has 1 aromatic carbocycles. The third-order valence-electron chi connectivity index (χ3n) is 3.05. The maximum atomic E-state index is 13.9. The Kier molecular flexibility index (Phi) is 7.71. The number of carboxylic acids is 1. The number of halogens is 1. The first kappa shape index (κ1) is 18.6. The Morgan fingerprint density at radius 2 is 2.13 bits per heavy atom. The molecule has 0 atom stereocenters. The molecule has 0 saturated carbocycles. The normalized spacial score (nSPS) is 10.3. The second-order valence-electron chi connectivity index (χ2n) is 5.03. The Labute approximate surface area is 134 Å². The quantitative estimate of drug-likeness (QED) is 0.552. The summed E-state index contributed by atoms with van der Waals surface area (Å²) in [4.78, 5) is 23.9. The van der Waals surface area contributed by atoms with Crippen LogP contribution in [0.5, 0.6) is 0 Å². The summed E-state index contributed by atoms with van der Waals surface area (Å²) >= 11 is 0. The van der Waals surface area contributed by atoms with E-state index in [0.717, 1.165) is 18.9 Å². The first-order valence-electron chi connectivity index (χ1n) is 7.24. The molecule has 1 rings (SSSR count). The van der Waals surface area contributed by atoms with Crippen molar-refractivity contribution >= 4 is 11.9 Å². The van der Waals surface area contributed by atoms with Crippen molar-refractivity contribution in [3.63, 3.8) is 0 Å². The second kappa shape index (κ2) is 9.54. The number of nitrogens with zero attached hydrogens (tertiary/aromatic N) is 2. The van der Waals surface area contributed by atoms with Crippen LogP contribution in [0.25, 0.3) is 0 Å². The molecule has 0 aromatic heterocycles. The lowest BCUT2D eigenvalue weighted by molar-refractivity contribution is -0.146. The van der Waals surface area contributed by atoms with Gasteiger partial charge in [0, 0.05) is 12.1 Å². The molecule has 23 heavy (non-hydrogen) atoms. The number of esters is 1. The van der Waals surface area contributed by atoms with E-state index in [4.69, 9.17) is 15.1 Å². The minimum atomic E-state index is -1.12. The first-order chi connectivity index (χ1) is 11.0. The number of benzene rings is 1. The molecular formula is C16H19FN2O4. The zero-order chi connectivity index (χ0) is 17.2. The number of unbranched alkanes of at least 4 members (excludes halogenated alkanes) is 1. The Bertz CT molecular complexity index is 598. The lowest BCUT2D eigenvalue weighted by Crippen LogP contribution is -2.35. The summed E-state index contributed by atoms with van der Waals surface area (Å²) < 4.78 is 18.9. The monoisotopic (exact) mass is 322 g/mol. The molecule has 0 aliphatic carbocycles. The van der Waals surface area contributed by atoms with Gasteiger partial charge in [0.1, 0.15) is 5.82 Å². The van der Waals surface area contributed by atoms with Crippen LogP contribution < -0.4 is 0 Å². The molecule has 7 heteroatoms. The molecule has 0 heterocycles. The van der Waals surface area contributed by atoms with Gasteiger partial charge in [-0.1, -0.05) is 19.4 Å². The van der Waals surface area contributed by atoms with E-state index in [9.17, 15) is 14.0 Å². The van der Waals surface area contributed by atoms with Crippen LogP contribution in [0.15, 0.2) is 18.2 Å². The summed E-state index contributed by atoms with van der Waals surface area (Å²) in [5.41, 5.74) is 0.390. The third-order valence-corrected chi connectivity index (χ3v) is 3.05. The minimum absolute atomic E-state index is 0.0628. The fourth-order valence-electron chi connectivity index (χ4n) is 1.90. The summed E-state index contributed by atoms with van der Waals surface area (Å²) in [7, 11) is 0. The number of ether oxygens (including phenoxy) is 1. The minimum Gasteiger partial charge on any atom is -0.480 e. The molecule has 0 unspecified atom stereocenters. The molecule has 0 fully saturated rings. The Hall–Kier alpha value is -2.46. The van der Waals surface area contributed by atoms with Crippen LogP contribution in [0.4, 0.5) is 4.39 Å². The molecule has 0 amide bonds. The van der Waals surface area contributed by atoms with Crippen molar-refractivity contribution in [3.05, 3.63) is 35.1 Å². The predicted octanol–water partition coefficient (Wildman–Crippen LogP) is 1.93. The number of carbonyl (C=O) groups excluding carboxylic acids is 1. The van der Waals surface area contributed by atoms with Gasteiger partial charge < -0.3 is 9.84 Å². The summed E-state index contributed by atoms with van der Waals surface area (Å²) in [5, 5.41) is 17.6. The van der Waals surface area contributed by atoms with Gasteiger partial charge in [0.15, 0.2) is 0 Å². The van der Waals surface area contributed by atoms with E-state index in [2.05, 4.69) is 0 Å². The maximum absolute atomic E-state index is 13.9. The van der Waals surface area contributed by atoms with Gasteiger partial charge >= 0.3 is 11.9 Å². The molecule has 6 nitrogen and oxygen atoms in total. The number of rotatable bonds is 9. The topological polar surface area (TPSA) is 90.6 Å². The molecule has 0 spiro atoms. The maximum Gasteiger partial charge on any atom is 0.320 e. The van der Waals surface area contributed by atoms with E-state index in [1.807, 2.05) is 13.0 Å². The fraction of sp³-hybridized carbons (Fsp3) is 0.438. The van der Waals surface area contributed by atoms with Crippen molar-refractivity contribution in [2.45, 2.75) is 26.3 Å². The lowest BCUT2D eigenvalue weighted by Gasteiger charge is -2.19. The summed E-state index contributed by atoms with van der Waals surface area (Å²) in [6.45, 7) is 1.52. The summed E-state index contributed by atoms with van der Waals surface area (Å²) in [6.07, 6.45) is 1.61. The standard InChI is InChI=1S/C16H19FN2O4/c1-2-3-6-23-16(22)11-19(10-15(20)21)9-13-5-4-12(8-18)7-14(13)17/h4-5,7H,2-3,6,9-11H2,1H3,(H,20,21). The molecule has 124 valence electrons. The van der Waals surface area contributed by atoms with Crippen LogP contribution >= 0.6 is 0 Å². The Morgan fingerprint density at radius 1 is 1.39 bits per heavy atom. The number of nitriles is 1. The van der Waals surface area contributed by atoms with Crippen LogP contribution in [0.1, 0.15) is 30.9 Å². The average Bonchev–Trinajstić information content (AvgIpc) is 2.48. The highest BCUT2D eigenvalue weighted by Gasteiger charge is 2.17. The fourth-order valence-corrected chi connectivity index (χ4v) is 1.90. The summed E-state index contributed by atoms with van der Waals surface area (Å²) in [5.74, 6) is -2.28. The largest absolute Gasteiger partial charge is 0.480 e. The number of hydrogen-bond acceptors (Lipinski definition) is 5. The van der Waals surface area contributed by atoms with E-state index < -0.39 is 24.3 Å². The summed E-state index contributed by atoms with van der Waals surface area (Å²) in [6, 6.07) is 5.75. The Balaban J connectivity index is 2.73. The number of aliphatic carboxylic acids is 1. The van der Waals surface area contributed by atoms with Crippen LogP contribution in [0.2, 0.25) is 0 Å².